The predicted molar refractivity (Wildman–Crippen MR) is 36.3 cm³/mol. The Hall–Kier alpha value is -0.640. The minimum absolute atomic E-state index is 0.432. The van der Waals surface area contributed by atoms with E-state index in [1.54, 1.807) is 0 Å². The van der Waals surface area contributed by atoms with Crippen LogP contribution >= 0.6 is 11.5 Å². The topological polar surface area (TPSA) is 51.8 Å². The molecule has 0 amide bonds. The monoisotopic (exact) mass is 141 g/mol. The first-order valence-corrected chi connectivity index (χ1v) is 3.72. The van der Waals surface area contributed by atoms with Gasteiger partial charge < -0.3 is 5.73 Å². The first kappa shape index (κ1) is 5.17. The molecule has 9 heavy (non-hydrogen) atoms. The molecule has 0 saturated heterocycles. The zero-order valence-corrected chi connectivity index (χ0v) is 5.69. The summed E-state index contributed by atoms with van der Waals surface area (Å²) in [6, 6.07) is 0. The molecule has 2 N–H and O–H groups in total. The second-order valence-corrected chi connectivity index (χ2v) is 3.05. The maximum Gasteiger partial charge on any atom is 0.232 e. The number of hydrogen-bond donors (Lipinski definition) is 1. The summed E-state index contributed by atoms with van der Waals surface area (Å²) in [4.78, 5) is 4.06. The summed E-state index contributed by atoms with van der Waals surface area (Å²) in [6.45, 7) is 0. The summed E-state index contributed by atoms with van der Waals surface area (Å²) in [6.07, 6.45) is 2.54. The lowest BCUT2D eigenvalue weighted by molar-refractivity contribution is 1.08. The molecule has 1 aliphatic rings. The van der Waals surface area contributed by atoms with Gasteiger partial charge in [-0.3, -0.25) is 0 Å². The molecular weight excluding hydrogens is 134 g/mol. The van der Waals surface area contributed by atoms with Gasteiger partial charge in [-0.15, -0.1) is 0 Å². The summed E-state index contributed by atoms with van der Waals surface area (Å²) in [5.74, 6) is 1.13. The minimum Gasteiger partial charge on any atom is -0.367 e. The van der Waals surface area contributed by atoms with E-state index < -0.39 is 0 Å². The van der Waals surface area contributed by atoms with E-state index in [9.17, 15) is 0 Å². The van der Waals surface area contributed by atoms with E-state index in [2.05, 4.69) is 9.36 Å². The van der Waals surface area contributed by atoms with Crippen LogP contribution in [0, 0.1) is 0 Å². The van der Waals surface area contributed by atoms with Crippen LogP contribution in [-0.4, -0.2) is 9.36 Å². The van der Waals surface area contributed by atoms with Gasteiger partial charge in [0.1, 0.15) is 5.01 Å². The van der Waals surface area contributed by atoms with Crippen molar-refractivity contribution in [3.8, 4) is 0 Å². The lowest BCUT2D eigenvalue weighted by Gasteiger charge is -1.79. The third-order valence-electron chi connectivity index (χ3n) is 1.38. The van der Waals surface area contributed by atoms with Crippen LogP contribution in [0.25, 0.3) is 0 Å². The van der Waals surface area contributed by atoms with E-state index >= 15 is 0 Å². The summed E-state index contributed by atoms with van der Waals surface area (Å²) in [7, 11) is 0. The standard InChI is InChI=1S/C5H7N3S/c6-5-7-4(9-8-5)3-1-2-3/h3H,1-2H2,(H2,6,8). The number of nitrogen functional groups attached to an aromatic ring is 1. The summed E-state index contributed by atoms with van der Waals surface area (Å²) >= 11 is 1.43. The Bertz CT molecular complexity index is 216. The molecule has 1 aliphatic carbocycles. The highest BCUT2D eigenvalue weighted by molar-refractivity contribution is 7.05. The van der Waals surface area contributed by atoms with Gasteiger partial charge in [-0.1, -0.05) is 0 Å². The van der Waals surface area contributed by atoms with Crippen molar-refractivity contribution in [1.82, 2.24) is 9.36 Å². The molecule has 0 aromatic carbocycles. The number of anilines is 1. The second-order valence-electron chi connectivity index (χ2n) is 2.27. The largest absolute Gasteiger partial charge is 0.367 e. The van der Waals surface area contributed by atoms with Gasteiger partial charge in [0.25, 0.3) is 0 Å². The Morgan fingerprint density at radius 3 is 2.78 bits per heavy atom. The SMILES string of the molecule is Nc1nsc(C2CC2)n1. The summed E-state index contributed by atoms with van der Waals surface area (Å²) in [5.41, 5.74) is 5.33. The van der Waals surface area contributed by atoms with Gasteiger partial charge >= 0.3 is 0 Å². The van der Waals surface area contributed by atoms with E-state index in [0.29, 0.717) is 11.9 Å². The Kier molecular flexibility index (Phi) is 0.958. The van der Waals surface area contributed by atoms with Crippen LogP contribution in [0.1, 0.15) is 23.8 Å². The molecule has 1 saturated carbocycles. The average molecular weight is 141 g/mol. The molecule has 1 heterocycles. The van der Waals surface area contributed by atoms with E-state index in [1.165, 1.54) is 24.4 Å². The number of rotatable bonds is 1. The predicted octanol–water partition coefficient (Wildman–Crippen LogP) is 0.998. The summed E-state index contributed by atoms with van der Waals surface area (Å²) in [5, 5.41) is 1.12. The second kappa shape index (κ2) is 1.67. The van der Waals surface area contributed by atoms with Gasteiger partial charge in [-0.25, -0.2) is 4.98 Å². The fraction of sp³-hybridized carbons (Fsp3) is 0.600. The average Bonchev–Trinajstić information content (AvgIpc) is 2.58. The van der Waals surface area contributed by atoms with Crippen molar-refractivity contribution >= 4 is 17.5 Å². The summed E-state index contributed by atoms with van der Waals surface area (Å²) < 4.78 is 3.89. The van der Waals surface area contributed by atoms with E-state index in [-0.39, 0.29) is 0 Å². The fourth-order valence-electron chi connectivity index (χ4n) is 0.743. The van der Waals surface area contributed by atoms with Crippen molar-refractivity contribution in [2.45, 2.75) is 18.8 Å². The first-order valence-electron chi connectivity index (χ1n) is 2.95. The molecule has 0 spiro atoms. The smallest absolute Gasteiger partial charge is 0.232 e. The van der Waals surface area contributed by atoms with Crippen LogP contribution in [-0.2, 0) is 0 Å². The Labute approximate surface area is 57.1 Å². The number of nitrogens with zero attached hydrogens (tertiary/aromatic N) is 2. The van der Waals surface area contributed by atoms with Crippen LogP contribution < -0.4 is 5.73 Å². The van der Waals surface area contributed by atoms with Crippen LogP contribution in [0.3, 0.4) is 0 Å². The van der Waals surface area contributed by atoms with Crippen molar-refractivity contribution < 1.29 is 0 Å². The molecule has 0 radical (unpaired) electrons. The zero-order chi connectivity index (χ0) is 6.27. The number of aromatic nitrogens is 2. The molecule has 1 fully saturated rings. The molecule has 48 valence electrons. The van der Waals surface area contributed by atoms with Crippen molar-refractivity contribution in [3.63, 3.8) is 0 Å². The van der Waals surface area contributed by atoms with Crippen LogP contribution in [0.15, 0.2) is 0 Å². The Morgan fingerprint density at radius 2 is 2.33 bits per heavy atom. The van der Waals surface area contributed by atoms with E-state index in [4.69, 9.17) is 5.73 Å². The molecule has 1 aromatic rings. The quantitative estimate of drug-likeness (QED) is 0.634. The zero-order valence-electron chi connectivity index (χ0n) is 4.87. The normalized spacial score (nSPS) is 18.2. The molecule has 0 unspecified atom stereocenters. The third-order valence-corrected chi connectivity index (χ3v) is 2.27. The third kappa shape index (κ3) is 0.896. The van der Waals surface area contributed by atoms with Gasteiger partial charge in [0, 0.05) is 5.92 Å². The minimum atomic E-state index is 0.432. The maximum atomic E-state index is 5.33. The number of nitrogens with two attached hydrogens (primary N) is 1. The van der Waals surface area contributed by atoms with Crippen molar-refractivity contribution in [2.75, 3.05) is 5.73 Å². The fourth-order valence-corrected chi connectivity index (χ4v) is 1.49. The lowest BCUT2D eigenvalue weighted by atomic mass is 10.5. The lowest BCUT2D eigenvalue weighted by Crippen LogP contribution is -1.85. The maximum absolute atomic E-state index is 5.33. The molecular formula is C5H7N3S. The van der Waals surface area contributed by atoms with Gasteiger partial charge in [0.2, 0.25) is 5.95 Å². The van der Waals surface area contributed by atoms with Crippen molar-refractivity contribution in [1.29, 1.82) is 0 Å². The van der Waals surface area contributed by atoms with Crippen LogP contribution in [0.4, 0.5) is 5.95 Å². The highest BCUT2D eigenvalue weighted by atomic mass is 32.1. The Balaban J connectivity index is 2.28. The van der Waals surface area contributed by atoms with E-state index in [0.717, 1.165) is 5.01 Å². The molecule has 3 nitrogen and oxygen atoms in total. The van der Waals surface area contributed by atoms with Gasteiger partial charge in [-0.05, 0) is 24.4 Å². The first-order chi connectivity index (χ1) is 4.36. The van der Waals surface area contributed by atoms with Crippen molar-refractivity contribution in [2.24, 2.45) is 0 Å². The van der Waals surface area contributed by atoms with Gasteiger partial charge in [0.15, 0.2) is 0 Å². The molecule has 0 aliphatic heterocycles. The molecule has 2 rings (SSSR count). The van der Waals surface area contributed by atoms with Gasteiger partial charge in [-0.2, -0.15) is 4.37 Å². The molecule has 0 atom stereocenters. The highest BCUT2D eigenvalue weighted by Gasteiger charge is 2.26. The van der Waals surface area contributed by atoms with E-state index in [1.807, 2.05) is 0 Å². The van der Waals surface area contributed by atoms with Crippen molar-refractivity contribution in [3.05, 3.63) is 5.01 Å². The molecule has 1 aromatic heterocycles. The number of hydrogen-bond acceptors (Lipinski definition) is 4. The highest BCUT2D eigenvalue weighted by Crippen LogP contribution is 2.40. The molecule has 0 bridgehead atoms. The van der Waals surface area contributed by atoms with Crippen LogP contribution in [0.5, 0.6) is 0 Å². The molecule has 4 heteroatoms. The Morgan fingerprint density at radius 1 is 1.56 bits per heavy atom. The van der Waals surface area contributed by atoms with Gasteiger partial charge in [0.05, 0.1) is 0 Å². The van der Waals surface area contributed by atoms with Crippen LogP contribution in [0.2, 0.25) is 0 Å².